The van der Waals surface area contributed by atoms with E-state index >= 15 is 0 Å². The Morgan fingerprint density at radius 3 is 2.50 bits per heavy atom. The molecule has 8 nitrogen and oxygen atoms in total. The fourth-order valence-corrected chi connectivity index (χ4v) is 5.67. The van der Waals surface area contributed by atoms with Gasteiger partial charge in [-0.3, -0.25) is 14.6 Å². The van der Waals surface area contributed by atoms with E-state index < -0.39 is 29.8 Å². The number of esters is 1. The molecule has 1 N–H and O–H groups in total. The van der Waals surface area contributed by atoms with Crippen molar-refractivity contribution in [3.05, 3.63) is 81.7 Å². The summed E-state index contributed by atoms with van der Waals surface area (Å²) in [5.74, 6) is -0.711. The second kappa shape index (κ2) is 12.3. The fraction of sp³-hybridized carbons (Fsp3) is 0.393. The number of carbonyl (C=O) groups excluding carboxylic acids is 3. The zero-order chi connectivity index (χ0) is 29.0. The fourth-order valence-electron chi connectivity index (χ4n) is 4.99. The Balaban J connectivity index is 1.68. The molecule has 3 amide bonds. The van der Waals surface area contributed by atoms with Gasteiger partial charge < -0.3 is 15.0 Å². The summed E-state index contributed by atoms with van der Waals surface area (Å²) in [5, 5.41) is 4.61. The van der Waals surface area contributed by atoms with Crippen LogP contribution in [0.3, 0.4) is 0 Å². The summed E-state index contributed by atoms with van der Waals surface area (Å²) < 4.78 is 44.9. The Kier molecular flexibility index (Phi) is 8.99. The summed E-state index contributed by atoms with van der Waals surface area (Å²) in [7, 11) is 0. The highest BCUT2D eigenvalue weighted by molar-refractivity contribution is 7.12. The Labute approximate surface area is 234 Å². The van der Waals surface area contributed by atoms with Crippen LogP contribution < -0.4 is 5.32 Å². The SMILES string of the molecule is C=CCN1C(=O)NC(c2ccc(C(F)(F)F)cc2)C(C(=O)OCC)=C1CN1CCN(C(=O)c2cccs2)C(C)C1. The predicted octanol–water partition coefficient (Wildman–Crippen LogP) is 4.68. The highest BCUT2D eigenvalue weighted by atomic mass is 32.1. The number of piperazine rings is 1. The molecule has 2 aromatic rings. The summed E-state index contributed by atoms with van der Waals surface area (Å²) in [6, 6.07) is 6.32. The van der Waals surface area contributed by atoms with Crippen molar-refractivity contribution in [2.75, 3.05) is 39.3 Å². The molecule has 2 aliphatic rings. The Bertz CT molecular complexity index is 1280. The maximum atomic E-state index is 13.3. The number of carbonyl (C=O) groups is 3. The minimum atomic E-state index is -4.52. The average molecular weight is 577 g/mol. The van der Waals surface area contributed by atoms with Crippen LogP contribution in [0.4, 0.5) is 18.0 Å². The van der Waals surface area contributed by atoms with Crippen molar-refractivity contribution < 1.29 is 32.3 Å². The molecule has 0 aliphatic carbocycles. The van der Waals surface area contributed by atoms with Crippen molar-refractivity contribution in [1.29, 1.82) is 0 Å². The number of nitrogens with zero attached hydrogens (tertiary/aromatic N) is 3. The monoisotopic (exact) mass is 576 g/mol. The van der Waals surface area contributed by atoms with Crippen LogP contribution in [0, 0.1) is 0 Å². The molecule has 12 heteroatoms. The van der Waals surface area contributed by atoms with Crippen LogP contribution in [0.5, 0.6) is 0 Å². The first-order valence-electron chi connectivity index (χ1n) is 12.9. The Hall–Kier alpha value is -3.64. The summed E-state index contributed by atoms with van der Waals surface area (Å²) in [5.41, 5.74) is 0.0161. The first kappa shape index (κ1) is 29.3. The van der Waals surface area contributed by atoms with Crippen LogP contribution in [0.2, 0.25) is 0 Å². The molecule has 1 fully saturated rings. The number of amides is 3. The molecule has 3 heterocycles. The number of alkyl halides is 3. The van der Waals surface area contributed by atoms with Gasteiger partial charge in [-0.1, -0.05) is 24.3 Å². The minimum absolute atomic E-state index is 0.0405. The van der Waals surface area contributed by atoms with E-state index in [1.54, 1.807) is 13.0 Å². The van der Waals surface area contributed by atoms with Gasteiger partial charge >= 0.3 is 18.2 Å². The summed E-state index contributed by atoms with van der Waals surface area (Å²) in [4.78, 5) is 45.4. The molecule has 0 bridgehead atoms. The second-order valence-electron chi connectivity index (χ2n) is 9.54. The molecule has 1 saturated heterocycles. The number of urea groups is 1. The number of hydrogen-bond donors (Lipinski definition) is 1. The van der Waals surface area contributed by atoms with Crippen LogP contribution in [-0.2, 0) is 15.7 Å². The number of ether oxygens (including phenoxy) is 1. The van der Waals surface area contributed by atoms with Gasteiger partial charge in [-0.15, -0.1) is 17.9 Å². The van der Waals surface area contributed by atoms with Crippen molar-refractivity contribution in [1.82, 2.24) is 20.0 Å². The van der Waals surface area contributed by atoms with Gasteiger partial charge in [0.05, 0.1) is 28.7 Å². The predicted molar refractivity (Wildman–Crippen MR) is 145 cm³/mol. The number of nitrogens with one attached hydrogen (secondary N) is 1. The van der Waals surface area contributed by atoms with Crippen molar-refractivity contribution in [2.24, 2.45) is 0 Å². The number of thiophene rings is 1. The molecule has 1 aromatic carbocycles. The van der Waals surface area contributed by atoms with Gasteiger partial charge in [0.1, 0.15) is 0 Å². The van der Waals surface area contributed by atoms with E-state index in [9.17, 15) is 27.6 Å². The Morgan fingerprint density at radius 2 is 1.93 bits per heavy atom. The zero-order valence-electron chi connectivity index (χ0n) is 22.2. The van der Waals surface area contributed by atoms with E-state index in [4.69, 9.17) is 4.74 Å². The third-order valence-electron chi connectivity index (χ3n) is 6.89. The van der Waals surface area contributed by atoms with Gasteiger partial charge in [0, 0.05) is 44.5 Å². The van der Waals surface area contributed by atoms with Crippen LogP contribution in [0.25, 0.3) is 0 Å². The largest absolute Gasteiger partial charge is 0.463 e. The van der Waals surface area contributed by atoms with E-state index in [1.165, 1.54) is 34.4 Å². The molecule has 214 valence electrons. The normalized spacial score (nSPS) is 20.4. The highest BCUT2D eigenvalue weighted by Crippen LogP contribution is 2.35. The van der Waals surface area contributed by atoms with Gasteiger partial charge in [0.2, 0.25) is 0 Å². The smallest absolute Gasteiger partial charge is 0.416 e. The van der Waals surface area contributed by atoms with Crippen LogP contribution in [0.15, 0.2) is 65.7 Å². The zero-order valence-corrected chi connectivity index (χ0v) is 23.1. The van der Waals surface area contributed by atoms with Crippen LogP contribution >= 0.6 is 11.3 Å². The molecule has 0 saturated carbocycles. The third kappa shape index (κ3) is 6.23. The molecule has 2 aliphatic heterocycles. The van der Waals surface area contributed by atoms with Crippen LogP contribution in [0.1, 0.15) is 40.7 Å². The first-order valence-corrected chi connectivity index (χ1v) is 13.8. The van der Waals surface area contributed by atoms with Gasteiger partial charge in [-0.25, -0.2) is 9.59 Å². The Morgan fingerprint density at radius 1 is 1.20 bits per heavy atom. The van der Waals surface area contributed by atoms with E-state index in [2.05, 4.69) is 16.8 Å². The van der Waals surface area contributed by atoms with E-state index in [1.807, 2.05) is 23.3 Å². The summed E-state index contributed by atoms with van der Waals surface area (Å²) >= 11 is 1.38. The second-order valence-corrected chi connectivity index (χ2v) is 10.5. The van der Waals surface area contributed by atoms with Gasteiger partial charge in [0.25, 0.3) is 5.91 Å². The van der Waals surface area contributed by atoms with E-state index in [0.29, 0.717) is 35.8 Å². The molecule has 0 spiro atoms. The maximum absolute atomic E-state index is 13.3. The lowest BCUT2D eigenvalue weighted by molar-refractivity contribution is -0.139. The van der Waals surface area contributed by atoms with Crippen molar-refractivity contribution >= 4 is 29.2 Å². The number of hydrogen-bond acceptors (Lipinski definition) is 6. The number of halogens is 3. The van der Waals surface area contributed by atoms with Crippen molar-refractivity contribution in [3.8, 4) is 0 Å². The van der Waals surface area contributed by atoms with Crippen LogP contribution in [-0.4, -0.2) is 78.0 Å². The first-order chi connectivity index (χ1) is 19.0. The summed E-state index contributed by atoms with van der Waals surface area (Å²) in [6.07, 6.45) is -3.00. The minimum Gasteiger partial charge on any atom is -0.463 e. The standard InChI is InChI=1S/C28H31F3N4O4S/c1-4-12-35-21(17-33-13-14-34(18(3)16-33)25(36)22-7-6-15-40-22)23(26(37)39-5-2)24(32-27(35)38)19-8-10-20(11-9-19)28(29,30)31/h4,6-11,15,18,24H,1,5,12-14,16-17H2,2-3H3,(H,32,38). The van der Waals surface area contributed by atoms with Gasteiger partial charge in [0.15, 0.2) is 0 Å². The average Bonchev–Trinajstić information content (AvgIpc) is 3.45. The van der Waals surface area contributed by atoms with Crippen molar-refractivity contribution in [2.45, 2.75) is 32.1 Å². The van der Waals surface area contributed by atoms with E-state index in [0.717, 1.165) is 12.1 Å². The molecular weight excluding hydrogens is 545 g/mol. The van der Waals surface area contributed by atoms with Crippen molar-refractivity contribution in [3.63, 3.8) is 0 Å². The molecule has 2 atom stereocenters. The molecule has 0 radical (unpaired) electrons. The molecule has 40 heavy (non-hydrogen) atoms. The molecular formula is C28H31F3N4O4S. The lowest BCUT2D eigenvalue weighted by atomic mass is 9.93. The van der Waals surface area contributed by atoms with Gasteiger partial charge in [-0.05, 0) is 43.0 Å². The quantitative estimate of drug-likeness (QED) is 0.365. The highest BCUT2D eigenvalue weighted by Gasteiger charge is 2.40. The number of benzene rings is 1. The molecule has 4 rings (SSSR count). The summed E-state index contributed by atoms with van der Waals surface area (Å²) in [6.45, 7) is 9.14. The van der Waals surface area contributed by atoms with E-state index in [-0.39, 0.29) is 37.2 Å². The lowest BCUT2D eigenvalue weighted by Crippen LogP contribution is -2.56. The molecule has 1 aromatic heterocycles. The number of rotatable bonds is 8. The molecule has 2 unspecified atom stereocenters. The lowest BCUT2D eigenvalue weighted by Gasteiger charge is -2.42. The van der Waals surface area contributed by atoms with Gasteiger partial charge in [-0.2, -0.15) is 13.2 Å². The third-order valence-corrected chi connectivity index (χ3v) is 7.75. The maximum Gasteiger partial charge on any atom is 0.416 e. The topological polar surface area (TPSA) is 82.2 Å².